The van der Waals surface area contributed by atoms with Crippen LogP contribution in [0, 0.1) is 0 Å². The molecule has 0 spiro atoms. The molecule has 0 saturated heterocycles. The van der Waals surface area contributed by atoms with Gasteiger partial charge in [0, 0.05) is 17.8 Å². The SMILES string of the molecule is COc1cccc(CNc2ccc(OC(C)C)cc2)c1OC. The molecule has 0 amide bonds. The predicted molar refractivity (Wildman–Crippen MR) is 89.1 cm³/mol. The summed E-state index contributed by atoms with van der Waals surface area (Å²) in [7, 11) is 3.29. The van der Waals surface area contributed by atoms with Gasteiger partial charge < -0.3 is 19.5 Å². The first-order chi connectivity index (χ1) is 10.6. The molecular formula is C18H23NO3. The Morgan fingerprint density at radius 3 is 2.27 bits per heavy atom. The van der Waals surface area contributed by atoms with Gasteiger partial charge in [0.05, 0.1) is 20.3 Å². The minimum absolute atomic E-state index is 0.180. The third-order valence-corrected chi connectivity index (χ3v) is 3.19. The van der Waals surface area contributed by atoms with Crippen molar-refractivity contribution in [3.63, 3.8) is 0 Å². The molecule has 0 radical (unpaired) electrons. The summed E-state index contributed by atoms with van der Waals surface area (Å²) in [6, 6.07) is 13.8. The Bertz CT molecular complexity index is 594. The van der Waals surface area contributed by atoms with Gasteiger partial charge in [-0.1, -0.05) is 12.1 Å². The molecule has 0 fully saturated rings. The first-order valence-corrected chi connectivity index (χ1v) is 7.34. The van der Waals surface area contributed by atoms with Crippen molar-refractivity contribution in [3.05, 3.63) is 48.0 Å². The standard InChI is InChI=1S/C18H23NO3/c1-13(2)22-16-10-8-15(9-11-16)19-12-14-6-5-7-17(20-3)18(14)21-4/h5-11,13,19H,12H2,1-4H3. The zero-order valence-electron chi connectivity index (χ0n) is 13.6. The molecule has 118 valence electrons. The highest BCUT2D eigenvalue weighted by Gasteiger charge is 2.09. The van der Waals surface area contributed by atoms with Gasteiger partial charge in [0.2, 0.25) is 0 Å². The van der Waals surface area contributed by atoms with Gasteiger partial charge in [0.15, 0.2) is 11.5 Å². The molecule has 0 unspecified atom stereocenters. The van der Waals surface area contributed by atoms with E-state index < -0.39 is 0 Å². The highest BCUT2D eigenvalue weighted by molar-refractivity contribution is 5.51. The van der Waals surface area contributed by atoms with Crippen LogP contribution in [-0.4, -0.2) is 20.3 Å². The maximum absolute atomic E-state index is 5.63. The van der Waals surface area contributed by atoms with E-state index in [4.69, 9.17) is 14.2 Å². The number of hydrogen-bond donors (Lipinski definition) is 1. The minimum atomic E-state index is 0.180. The van der Waals surface area contributed by atoms with Crippen molar-refractivity contribution in [1.82, 2.24) is 0 Å². The number of nitrogens with one attached hydrogen (secondary N) is 1. The molecule has 0 aliphatic heterocycles. The number of para-hydroxylation sites is 1. The lowest BCUT2D eigenvalue weighted by Gasteiger charge is -2.14. The summed E-state index contributed by atoms with van der Waals surface area (Å²) in [4.78, 5) is 0. The van der Waals surface area contributed by atoms with Crippen LogP contribution in [0.15, 0.2) is 42.5 Å². The van der Waals surface area contributed by atoms with Crippen LogP contribution in [0.1, 0.15) is 19.4 Å². The summed E-state index contributed by atoms with van der Waals surface area (Å²) < 4.78 is 16.4. The maximum Gasteiger partial charge on any atom is 0.165 e. The van der Waals surface area contributed by atoms with Crippen LogP contribution >= 0.6 is 0 Å². The first kappa shape index (κ1) is 16.0. The number of anilines is 1. The van der Waals surface area contributed by atoms with Crippen LogP contribution in [0.3, 0.4) is 0 Å². The van der Waals surface area contributed by atoms with Gasteiger partial charge in [0.25, 0.3) is 0 Å². The normalized spacial score (nSPS) is 10.4. The lowest BCUT2D eigenvalue weighted by atomic mass is 10.1. The molecule has 0 saturated carbocycles. The van der Waals surface area contributed by atoms with E-state index in [1.807, 2.05) is 56.3 Å². The Kier molecular flexibility index (Phi) is 5.53. The summed E-state index contributed by atoms with van der Waals surface area (Å²) in [5.41, 5.74) is 2.07. The zero-order valence-corrected chi connectivity index (χ0v) is 13.6. The number of benzene rings is 2. The van der Waals surface area contributed by atoms with Crippen LogP contribution in [0.5, 0.6) is 17.2 Å². The summed E-state index contributed by atoms with van der Waals surface area (Å²) in [6.45, 7) is 4.69. The highest BCUT2D eigenvalue weighted by atomic mass is 16.5. The van der Waals surface area contributed by atoms with Crippen molar-refractivity contribution in [3.8, 4) is 17.2 Å². The van der Waals surface area contributed by atoms with E-state index >= 15 is 0 Å². The average molecular weight is 301 g/mol. The molecule has 2 rings (SSSR count). The van der Waals surface area contributed by atoms with Crippen molar-refractivity contribution < 1.29 is 14.2 Å². The smallest absolute Gasteiger partial charge is 0.165 e. The van der Waals surface area contributed by atoms with Gasteiger partial charge in [-0.15, -0.1) is 0 Å². The minimum Gasteiger partial charge on any atom is -0.493 e. The van der Waals surface area contributed by atoms with Crippen LogP contribution in [-0.2, 0) is 6.54 Å². The van der Waals surface area contributed by atoms with Crippen molar-refractivity contribution in [2.24, 2.45) is 0 Å². The van der Waals surface area contributed by atoms with E-state index in [1.165, 1.54) is 0 Å². The Labute approximate surface area is 132 Å². The monoisotopic (exact) mass is 301 g/mol. The second-order valence-electron chi connectivity index (χ2n) is 5.20. The fourth-order valence-corrected chi connectivity index (χ4v) is 2.21. The second-order valence-corrected chi connectivity index (χ2v) is 5.20. The third kappa shape index (κ3) is 4.07. The molecule has 0 bridgehead atoms. The first-order valence-electron chi connectivity index (χ1n) is 7.34. The average Bonchev–Trinajstić information content (AvgIpc) is 2.53. The van der Waals surface area contributed by atoms with E-state index in [0.717, 1.165) is 28.5 Å². The fraction of sp³-hybridized carbons (Fsp3) is 0.333. The van der Waals surface area contributed by atoms with Crippen LogP contribution in [0.4, 0.5) is 5.69 Å². The van der Waals surface area contributed by atoms with E-state index in [1.54, 1.807) is 14.2 Å². The Balaban J connectivity index is 2.04. The van der Waals surface area contributed by atoms with Crippen molar-refractivity contribution in [2.45, 2.75) is 26.5 Å². The van der Waals surface area contributed by atoms with Gasteiger partial charge in [-0.25, -0.2) is 0 Å². The lowest BCUT2D eigenvalue weighted by Crippen LogP contribution is -2.06. The molecule has 2 aromatic carbocycles. The number of rotatable bonds is 7. The van der Waals surface area contributed by atoms with Crippen LogP contribution in [0.25, 0.3) is 0 Å². The highest BCUT2D eigenvalue weighted by Crippen LogP contribution is 2.31. The third-order valence-electron chi connectivity index (χ3n) is 3.19. The second kappa shape index (κ2) is 7.59. The van der Waals surface area contributed by atoms with Gasteiger partial charge in [-0.3, -0.25) is 0 Å². The molecule has 0 aliphatic carbocycles. The maximum atomic E-state index is 5.63. The largest absolute Gasteiger partial charge is 0.493 e. The Morgan fingerprint density at radius 2 is 1.68 bits per heavy atom. The molecule has 1 N–H and O–H groups in total. The van der Waals surface area contributed by atoms with E-state index in [-0.39, 0.29) is 6.10 Å². The molecule has 4 heteroatoms. The number of hydrogen-bond acceptors (Lipinski definition) is 4. The van der Waals surface area contributed by atoms with Crippen LogP contribution < -0.4 is 19.5 Å². The quantitative estimate of drug-likeness (QED) is 0.835. The predicted octanol–water partition coefficient (Wildman–Crippen LogP) is 4.10. The molecule has 22 heavy (non-hydrogen) atoms. The van der Waals surface area contributed by atoms with Crippen LogP contribution in [0.2, 0.25) is 0 Å². The molecular weight excluding hydrogens is 278 g/mol. The van der Waals surface area contributed by atoms with Gasteiger partial charge in [-0.2, -0.15) is 0 Å². The topological polar surface area (TPSA) is 39.7 Å². The summed E-state index contributed by atoms with van der Waals surface area (Å²) in [5.74, 6) is 2.37. The molecule has 0 aromatic heterocycles. The summed E-state index contributed by atoms with van der Waals surface area (Å²) >= 11 is 0. The van der Waals surface area contributed by atoms with Crippen molar-refractivity contribution >= 4 is 5.69 Å². The van der Waals surface area contributed by atoms with E-state index in [2.05, 4.69) is 5.32 Å². The Hall–Kier alpha value is -2.36. The van der Waals surface area contributed by atoms with Gasteiger partial charge in [-0.05, 0) is 44.2 Å². The molecule has 0 atom stereocenters. The zero-order chi connectivity index (χ0) is 15.9. The number of methoxy groups -OCH3 is 2. The molecule has 2 aromatic rings. The van der Waals surface area contributed by atoms with Crippen molar-refractivity contribution in [1.29, 1.82) is 0 Å². The lowest BCUT2D eigenvalue weighted by molar-refractivity contribution is 0.242. The van der Waals surface area contributed by atoms with E-state index in [0.29, 0.717) is 6.54 Å². The summed E-state index contributed by atoms with van der Waals surface area (Å²) in [5, 5.41) is 3.38. The van der Waals surface area contributed by atoms with E-state index in [9.17, 15) is 0 Å². The number of ether oxygens (including phenoxy) is 3. The molecule has 0 heterocycles. The van der Waals surface area contributed by atoms with Gasteiger partial charge >= 0.3 is 0 Å². The van der Waals surface area contributed by atoms with Gasteiger partial charge in [0.1, 0.15) is 5.75 Å². The fourth-order valence-electron chi connectivity index (χ4n) is 2.21. The molecule has 4 nitrogen and oxygen atoms in total. The molecule has 0 aliphatic rings. The Morgan fingerprint density at radius 1 is 0.955 bits per heavy atom. The van der Waals surface area contributed by atoms with Crippen molar-refractivity contribution in [2.75, 3.05) is 19.5 Å². The summed E-state index contributed by atoms with van der Waals surface area (Å²) in [6.07, 6.45) is 0.180.